The Labute approximate surface area is 173 Å². The first-order valence-corrected chi connectivity index (χ1v) is 10.6. The van der Waals surface area contributed by atoms with Crippen LogP contribution in [-0.2, 0) is 9.53 Å². The van der Waals surface area contributed by atoms with Gasteiger partial charge in [-0.2, -0.15) is 0 Å². The van der Waals surface area contributed by atoms with Crippen molar-refractivity contribution >= 4 is 5.97 Å². The highest BCUT2D eigenvalue weighted by atomic mass is 35.5. The van der Waals surface area contributed by atoms with Crippen LogP contribution in [0.15, 0.2) is 0 Å². The molecule has 0 rings (SSSR count). The van der Waals surface area contributed by atoms with Gasteiger partial charge >= 0.3 is 5.97 Å². The van der Waals surface area contributed by atoms with Gasteiger partial charge in [0.05, 0.1) is 6.61 Å². The second-order valence-corrected chi connectivity index (χ2v) is 7.22. The first-order valence-electron chi connectivity index (χ1n) is 10.6. The highest BCUT2D eigenvalue weighted by Gasteiger charge is 2.07. The topological polar surface area (TPSA) is 103 Å². The van der Waals surface area contributed by atoms with Gasteiger partial charge in [-0.05, 0) is 6.42 Å². The summed E-state index contributed by atoms with van der Waals surface area (Å²) in [5.41, 5.74) is 0. The van der Waals surface area contributed by atoms with Crippen LogP contribution in [0.3, 0.4) is 0 Å². The summed E-state index contributed by atoms with van der Waals surface area (Å²) in [6, 6.07) is 0. The molecule has 0 aliphatic rings. The molecule has 0 heterocycles. The number of unbranched alkanes of at least 4 members (excludes halogenated alkanes) is 14. The second kappa shape index (κ2) is 25.6. The molecule has 0 aromatic rings. The van der Waals surface area contributed by atoms with Crippen molar-refractivity contribution in [1.29, 1.82) is 0 Å². The predicted molar refractivity (Wildman–Crippen MR) is 110 cm³/mol. The minimum Gasteiger partial charge on any atom is -1.00 e. The maximum absolute atomic E-state index is 11.4. The van der Waals surface area contributed by atoms with Gasteiger partial charge < -0.3 is 33.5 Å². The average molecular weight is 412 g/mol. The van der Waals surface area contributed by atoms with Gasteiger partial charge in [-0.3, -0.25) is 4.79 Å². The van der Waals surface area contributed by atoms with Gasteiger partial charge in [0.2, 0.25) is 0 Å². The fourth-order valence-corrected chi connectivity index (χ4v) is 2.95. The summed E-state index contributed by atoms with van der Waals surface area (Å²) in [4.78, 5) is 11.4. The molecule has 1 atom stereocenters. The summed E-state index contributed by atoms with van der Waals surface area (Å²) in [6.45, 7) is 1.79. The molecular weight excluding hydrogens is 366 g/mol. The lowest BCUT2D eigenvalue weighted by Gasteiger charge is -2.08. The Hall–Kier alpha value is -0.360. The van der Waals surface area contributed by atoms with Gasteiger partial charge in [-0.25, -0.2) is 0 Å². The van der Waals surface area contributed by atoms with Gasteiger partial charge in [0.15, 0.2) is 0 Å². The van der Waals surface area contributed by atoms with Crippen LogP contribution in [0, 0.1) is 0 Å². The van der Waals surface area contributed by atoms with E-state index >= 15 is 0 Å². The van der Waals surface area contributed by atoms with E-state index in [1.807, 2.05) is 0 Å². The van der Waals surface area contributed by atoms with E-state index in [-0.39, 0.29) is 37.7 Å². The molecule has 0 spiro atoms. The molecule has 0 aromatic heterocycles. The third-order valence-electron chi connectivity index (χ3n) is 4.63. The molecule has 0 radical (unpaired) electrons. The van der Waals surface area contributed by atoms with E-state index in [0.29, 0.717) is 6.42 Å². The summed E-state index contributed by atoms with van der Waals surface area (Å²) < 4.78 is 4.86. The largest absolute Gasteiger partial charge is 1.00 e. The van der Waals surface area contributed by atoms with Crippen molar-refractivity contribution in [3.63, 3.8) is 0 Å². The highest BCUT2D eigenvalue weighted by molar-refractivity contribution is 5.69. The van der Waals surface area contributed by atoms with E-state index in [4.69, 9.17) is 14.9 Å². The van der Waals surface area contributed by atoms with Crippen molar-refractivity contribution in [3.8, 4) is 0 Å². The number of esters is 1. The zero-order chi connectivity index (χ0) is 18.6. The van der Waals surface area contributed by atoms with E-state index in [2.05, 4.69) is 6.92 Å². The molecule has 0 amide bonds. The number of aliphatic hydroxyl groups is 2. The first-order chi connectivity index (χ1) is 12.2. The molecule has 0 aliphatic heterocycles. The Morgan fingerprint density at radius 1 is 0.778 bits per heavy atom. The Morgan fingerprint density at radius 2 is 1.15 bits per heavy atom. The number of hydrogen-bond donors (Lipinski definition) is 3. The summed E-state index contributed by atoms with van der Waals surface area (Å²) in [6.07, 6.45) is 19.0. The number of aliphatic hydroxyl groups excluding tert-OH is 2. The maximum atomic E-state index is 11.4. The summed E-state index contributed by atoms with van der Waals surface area (Å²) in [5, 5.41) is 17.7. The van der Waals surface area contributed by atoms with Gasteiger partial charge in [-0.1, -0.05) is 96.8 Å². The zero-order valence-corrected chi connectivity index (χ0v) is 18.7. The minimum atomic E-state index is -0.954. The van der Waals surface area contributed by atoms with Crippen LogP contribution in [-0.4, -0.2) is 35.5 Å². The van der Waals surface area contributed by atoms with Crippen LogP contribution in [0.25, 0.3) is 0 Å². The van der Waals surface area contributed by atoms with Crippen molar-refractivity contribution in [3.05, 3.63) is 0 Å². The number of halogens is 1. The van der Waals surface area contributed by atoms with Crippen LogP contribution in [0.5, 0.6) is 0 Å². The lowest BCUT2D eigenvalue weighted by Crippen LogP contribution is -3.00. The molecule has 27 heavy (non-hydrogen) atoms. The first kappa shape index (κ1) is 31.3. The Bertz CT molecular complexity index is 293. The molecule has 6 N–H and O–H groups in total. The Morgan fingerprint density at radius 3 is 1.52 bits per heavy atom. The molecule has 1 unspecified atom stereocenters. The van der Waals surface area contributed by atoms with Crippen molar-refractivity contribution < 1.29 is 32.2 Å². The summed E-state index contributed by atoms with van der Waals surface area (Å²) in [5.74, 6) is -0.276. The van der Waals surface area contributed by atoms with Gasteiger partial charge in [0.1, 0.15) is 12.7 Å². The molecule has 0 bridgehead atoms. The monoisotopic (exact) mass is 411 g/mol. The maximum Gasteiger partial charge on any atom is 0.305 e. The minimum absolute atomic E-state index is 0. The van der Waals surface area contributed by atoms with E-state index in [1.54, 1.807) is 0 Å². The van der Waals surface area contributed by atoms with Crippen molar-refractivity contribution in [2.24, 2.45) is 0 Å². The fourth-order valence-electron chi connectivity index (χ4n) is 2.95. The standard InChI is InChI=1S/C21H42O4.ClH.H3N/c1-2-3-4-5-6-7-8-9-10-11-12-13-14-15-16-17-21(24)25-19-20(23)18-22;;/h20,22-23H,2-19H2,1H3;1H;1H3. The zero-order valence-electron chi connectivity index (χ0n) is 17.9. The smallest absolute Gasteiger partial charge is 0.305 e. The van der Waals surface area contributed by atoms with Gasteiger partial charge in [0.25, 0.3) is 0 Å². The van der Waals surface area contributed by atoms with Crippen molar-refractivity contribution in [2.75, 3.05) is 13.2 Å². The van der Waals surface area contributed by atoms with E-state index in [9.17, 15) is 4.79 Å². The van der Waals surface area contributed by atoms with Crippen LogP contribution >= 0.6 is 0 Å². The van der Waals surface area contributed by atoms with Crippen molar-refractivity contribution in [2.45, 2.75) is 116 Å². The Balaban J connectivity index is -0.00000288. The number of carbonyl (C=O) groups is 1. The normalized spacial score (nSPS) is 11.4. The SMILES string of the molecule is CCCCCCCCCCCCCCCCCC(=O)OCC(O)CO.[Cl-].[NH4+]. The molecule has 0 saturated carbocycles. The summed E-state index contributed by atoms with van der Waals surface area (Å²) in [7, 11) is 0. The molecule has 0 aliphatic carbocycles. The van der Waals surface area contributed by atoms with E-state index < -0.39 is 6.10 Å². The highest BCUT2D eigenvalue weighted by Crippen LogP contribution is 2.13. The van der Waals surface area contributed by atoms with Crippen LogP contribution in [0.4, 0.5) is 0 Å². The third-order valence-corrected chi connectivity index (χ3v) is 4.63. The molecule has 0 aromatic carbocycles. The third kappa shape index (κ3) is 25.6. The van der Waals surface area contributed by atoms with Gasteiger partial charge in [0, 0.05) is 6.42 Å². The molecule has 5 nitrogen and oxygen atoms in total. The number of hydrogen-bond acceptors (Lipinski definition) is 4. The second-order valence-electron chi connectivity index (χ2n) is 7.22. The lowest BCUT2D eigenvalue weighted by molar-refractivity contribution is -0.147. The summed E-state index contributed by atoms with van der Waals surface area (Å²) >= 11 is 0. The van der Waals surface area contributed by atoms with Crippen LogP contribution < -0.4 is 18.6 Å². The van der Waals surface area contributed by atoms with Crippen LogP contribution in [0.2, 0.25) is 0 Å². The molecule has 0 fully saturated rings. The number of carbonyl (C=O) groups excluding carboxylic acids is 1. The Kier molecular flexibility index (Phi) is 29.8. The van der Waals surface area contributed by atoms with Crippen molar-refractivity contribution in [1.82, 2.24) is 6.15 Å². The number of quaternary nitrogens is 1. The molecular formula is C21H46ClNO4. The van der Waals surface area contributed by atoms with E-state index in [0.717, 1.165) is 12.8 Å². The molecule has 6 heteroatoms. The molecule has 166 valence electrons. The van der Waals surface area contributed by atoms with Crippen LogP contribution in [0.1, 0.15) is 110 Å². The fraction of sp³-hybridized carbons (Fsp3) is 0.952. The molecule has 0 saturated heterocycles. The quantitative estimate of drug-likeness (QED) is 0.224. The lowest BCUT2D eigenvalue weighted by atomic mass is 10.0. The predicted octanol–water partition coefficient (Wildman–Crippen LogP) is 2.52. The number of ether oxygens (including phenoxy) is 1. The van der Waals surface area contributed by atoms with Gasteiger partial charge in [-0.15, -0.1) is 0 Å². The number of rotatable bonds is 19. The van der Waals surface area contributed by atoms with E-state index in [1.165, 1.54) is 83.5 Å². The average Bonchev–Trinajstić information content (AvgIpc) is 2.62.